The van der Waals surface area contributed by atoms with Crippen LogP contribution in [0.1, 0.15) is 20.8 Å². The van der Waals surface area contributed by atoms with E-state index in [-0.39, 0.29) is 11.0 Å². The van der Waals surface area contributed by atoms with E-state index in [1.54, 1.807) is 6.92 Å². The molecular weight excluding hydrogens is 306 g/mol. The largest absolute Gasteiger partial charge is 0.492 e. The minimum atomic E-state index is -0.110. The molecule has 1 heterocycles. The number of carbonyl (C=O) groups is 1. The maximum Gasteiger partial charge on any atom is 0.210 e. The maximum absolute atomic E-state index is 11.3. The topological polar surface area (TPSA) is 64.1 Å². The van der Waals surface area contributed by atoms with Crippen molar-refractivity contribution in [3.05, 3.63) is 24.3 Å². The van der Waals surface area contributed by atoms with Crippen LogP contribution in [-0.4, -0.2) is 27.8 Å². The molecule has 5 nitrogen and oxygen atoms in total. The number of benzene rings is 1. The first-order chi connectivity index (χ1) is 10.1. The van der Waals surface area contributed by atoms with Gasteiger partial charge in [0.15, 0.2) is 4.34 Å². The van der Waals surface area contributed by atoms with Gasteiger partial charge in [-0.25, -0.2) is 0 Å². The molecule has 7 heteroatoms. The van der Waals surface area contributed by atoms with Gasteiger partial charge in [0.25, 0.3) is 0 Å². The summed E-state index contributed by atoms with van der Waals surface area (Å²) in [4.78, 5) is 11.3. The first kappa shape index (κ1) is 15.8. The molecule has 0 aliphatic carbocycles. The van der Waals surface area contributed by atoms with Gasteiger partial charge in [0.2, 0.25) is 5.13 Å². The fourth-order valence-electron chi connectivity index (χ4n) is 1.51. The van der Waals surface area contributed by atoms with Crippen molar-refractivity contribution in [1.82, 2.24) is 10.2 Å². The van der Waals surface area contributed by atoms with Crippen molar-refractivity contribution in [3.8, 4) is 5.75 Å². The standard InChI is InChI=1S/C14H17N3O2S2/c1-4-19-12-8-6-5-7-11(12)15-13-16-17-14(21-13)20-10(3)9(2)18/h5-8,10H,4H2,1-3H3,(H,15,16). The number of nitrogens with zero attached hydrogens (tertiary/aromatic N) is 2. The number of rotatable bonds is 7. The number of hydrogen-bond donors (Lipinski definition) is 1. The van der Waals surface area contributed by atoms with Crippen LogP contribution in [0.25, 0.3) is 0 Å². The van der Waals surface area contributed by atoms with Crippen LogP contribution >= 0.6 is 23.1 Å². The lowest BCUT2D eigenvalue weighted by Gasteiger charge is -2.09. The van der Waals surface area contributed by atoms with Crippen molar-refractivity contribution in [2.75, 3.05) is 11.9 Å². The third-order valence-electron chi connectivity index (χ3n) is 2.69. The predicted octanol–water partition coefficient (Wildman–Crippen LogP) is 3.75. The highest BCUT2D eigenvalue weighted by Crippen LogP contribution is 2.33. The Balaban J connectivity index is 2.07. The van der Waals surface area contributed by atoms with Crippen molar-refractivity contribution in [2.24, 2.45) is 0 Å². The number of ether oxygens (including phenoxy) is 1. The van der Waals surface area contributed by atoms with E-state index in [1.165, 1.54) is 23.1 Å². The van der Waals surface area contributed by atoms with Crippen molar-refractivity contribution >= 4 is 39.7 Å². The van der Waals surface area contributed by atoms with E-state index >= 15 is 0 Å². The van der Waals surface area contributed by atoms with Gasteiger partial charge in [-0.3, -0.25) is 4.79 Å². The number of hydrogen-bond acceptors (Lipinski definition) is 7. The van der Waals surface area contributed by atoms with Gasteiger partial charge in [-0.2, -0.15) is 0 Å². The summed E-state index contributed by atoms with van der Waals surface area (Å²) in [6, 6.07) is 7.68. The second kappa shape index (κ2) is 7.42. The molecule has 0 aliphatic rings. The lowest BCUT2D eigenvalue weighted by molar-refractivity contribution is -0.116. The van der Waals surface area contributed by atoms with E-state index < -0.39 is 0 Å². The summed E-state index contributed by atoms with van der Waals surface area (Å²) in [6.45, 7) is 5.99. The average molecular weight is 323 g/mol. The molecule has 21 heavy (non-hydrogen) atoms. The Kier molecular flexibility index (Phi) is 5.58. The normalized spacial score (nSPS) is 12.0. The van der Waals surface area contributed by atoms with Crippen molar-refractivity contribution < 1.29 is 9.53 Å². The van der Waals surface area contributed by atoms with Gasteiger partial charge in [-0.1, -0.05) is 35.2 Å². The number of anilines is 2. The second-order valence-corrected chi connectivity index (χ2v) is 6.86. The highest BCUT2D eigenvalue weighted by atomic mass is 32.2. The summed E-state index contributed by atoms with van der Waals surface area (Å²) < 4.78 is 6.33. The van der Waals surface area contributed by atoms with Crippen LogP contribution in [0.5, 0.6) is 5.75 Å². The average Bonchev–Trinajstić information content (AvgIpc) is 2.88. The summed E-state index contributed by atoms with van der Waals surface area (Å²) in [6.07, 6.45) is 0. The van der Waals surface area contributed by atoms with E-state index in [0.717, 1.165) is 15.8 Å². The van der Waals surface area contributed by atoms with Crippen LogP contribution in [0, 0.1) is 0 Å². The molecule has 1 N–H and O–H groups in total. The maximum atomic E-state index is 11.3. The summed E-state index contributed by atoms with van der Waals surface area (Å²) >= 11 is 2.84. The molecular formula is C14H17N3O2S2. The zero-order valence-corrected chi connectivity index (χ0v) is 13.8. The number of Topliss-reactive ketones (excluding diaryl/α,β-unsaturated/α-hetero) is 1. The Morgan fingerprint density at radius 3 is 2.90 bits per heavy atom. The molecule has 0 radical (unpaired) electrons. The molecule has 0 amide bonds. The Morgan fingerprint density at radius 1 is 1.43 bits per heavy atom. The van der Waals surface area contributed by atoms with Crippen LogP contribution < -0.4 is 10.1 Å². The van der Waals surface area contributed by atoms with Gasteiger partial charge in [-0.15, -0.1) is 10.2 Å². The minimum Gasteiger partial charge on any atom is -0.492 e. The molecule has 0 spiro atoms. The monoisotopic (exact) mass is 323 g/mol. The van der Waals surface area contributed by atoms with E-state index in [1.807, 2.05) is 38.1 Å². The molecule has 1 aromatic carbocycles. The van der Waals surface area contributed by atoms with Gasteiger partial charge in [0.1, 0.15) is 11.5 Å². The molecule has 0 bridgehead atoms. The van der Waals surface area contributed by atoms with Gasteiger partial charge in [0.05, 0.1) is 17.5 Å². The number of ketones is 1. The lowest BCUT2D eigenvalue weighted by atomic mass is 10.3. The molecule has 112 valence electrons. The van der Waals surface area contributed by atoms with Crippen LogP contribution in [0.2, 0.25) is 0 Å². The van der Waals surface area contributed by atoms with E-state index in [2.05, 4.69) is 15.5 Å². The Bertz CT molecular complexity index is 616. The molecule has 1 unspecified atom stereocenters. The number of nitrogens with one attached hydrogen (secondary N) is 1. The summed E-state index contributed by atoms with van der Waals surface area (Å²) in [5.41, 5.74) is 0.853. The summed E-state index contributed by atoms with van der Waals surface area (Å²) in [7, 11) is 0. The van der Waals surface area contributed by atoms with Crippen LogP contribution in [0.15, 0.2) is 28.6 Å². The highest BCUT2D eigenvalue weighted by molar-refractivity contribution is 8.02. The molecule has 2 rings (SSSR count). The van der Waals surface area contributed by atoms with Gasteiger partial charge >= 0.3 is 0 Å². The first-order valence-corrected chi connectivity index (χ1v) is 8.29. The smallest absolute Gasteiger partial charge is 0.210 e. The SMILES string of the molecule is CCOc1ccccc1Nc1nnc(SC(C)C(C)=O)s1. The van der Waals surface area contributed by atoms with Crippen molar-refractivity contribution in [2.45, 2.75) is 30.4 Å². The Morgan fingerprint density at radius 2 is 2.19 bits per heavy atom. The molecule has 0 aliphatic heterocycles. The third kappa shape index (κ3) is 4.44. The van der Waals surface area contributed by atoms with Crippen LogP contribution in [0.4, 0.5) is 10.8 Å². The summed E-state index contributed by atoms with van der Waals surface area (Å²) in [5, 5.41) is 12.0. The fourth-order valence-corrected chi connectivity index (χ4v) is 3.42. The Hall–Kier alpha value is -1.60. The van der Waals surface area contributed by atoms with Gasteiger partial charge in [-0.05, 0) is 32.9 Å². The van der Waals surface area contributed by atoms with Crippen molar-refractivity contribution in [3.63, 3.8) is 0 Å². The Labute approximate surface area is 132 Å². The lowest BCUT2D eigenvalue weighted by Crippen LogP contribution is -2.07. The predicted molar refractivity (Wildman–Crippen MR) is 86.8 cm³/mol. The second-order valence-electron chi connectivity index (χ2n) is 4.30. The first-order valence-electron chi connectivity index (χ1n) is 6.59. The molecule has 1 aromatic heterocycles. The molecule has 0 saturated heterocycles. The molecule has 0 fully saturated rings. The van der Waals surface area contributed by atoms with E-state index in [4.69, 9.17) is 4.74 Å². The van der Waals surface area contributed by atoms with E-state index in [9.17, 15) is 4.79 Å². The zero-order valence-electron chi connectivity index (χ0n) is 12.1. The van der Waals surface area contributed by atoms with Crippen molar-refractivity contribution in [1.29, 1.82) is 0 Å². The number of carbonyl (C=O) groups excluding carboxylic acids is 1. The quantitative estimate of drug-likeness (QED) is 0.783. The number of para-hydroxylation sites is 2. The van der Waals surface area contributed by atoms with Crippen LogP contribution in [-0.2, 0) is 4.79 Å². The van der Waals surface area contributed by atoms with Gasteiger partial charge < -0.3 is 10.1 Å². The summed E-state index contributed by atoms with van der Waals surface area (Å²) in [5.74, 6) is 0.910. The molecule has 2 aromatic rings. The minimum absolute atomic E-state index is 0.110. The van der Waals surface area contributed by atoms with E-state index in [0.29, 0.717) is 11.7 Å². The number of aromatic nitrogens is 2. The fraction of sp³-hybridized carbons (Fsp3) is 0.357. The molecule has 0 saturated carbocycles. The number of thioether (sulfide) groups is 1. The molecule has 1 atom stereocenters. The van der Waals surface area contributed by atoms with Crippen LogP contribution in [0.3, 0.4) is 0 Å². The zero-order chi connectivity index (χ0) is 15.2. The highest BCUT2D eigenvalue weighted by Gasteiger charge is 2.14. The van der Waals surface area contributed by atoms with Gasteiger partial charge in [0, 0.05) is 0 Å². The third-order valence-corrected chi connectivity index (χ3v) is 4.83.